The van der Waals surface area contributed by atoms with Crippen molar-refractivity contribution in [1.29, 1.82) is 0 Å². The quantitative estimate of drug-likeness (QED) is 0.613. The summed E-state index contributed by atoms with van der Waals surface area (Å²) >= 11 is 1.12. The van der Waals surface area contributed by atoms with Crippen LogP contribution in [0.5, 0.6) is 0 Å². The fourth-order valence-electron chi connectivity index (χ4n) is 1.07. The van der Waals surface area contributed by atoms with Crippen molar-refractivity contribution in [1.82, 2.24) is 4.90 Å². The second-order valence-electron chi connectivity index (χ2n) is 3.51. The molecule has 0 atom stereocenters. The SMILES string of the molecule is CCOC(=O)c1ccc(SC(=O)N(C)C)cc1. The fraction of sp³-hybridized carbons (Fsp3) is 0.333. The average Bonchev–Trinajstić information content (AvgIpc) is 2.30. The molecule has 0 saturated carbocycles. The van der Waals surface area contributed by atoms with Gasteiger partial charge in [0.15, 0.2) is 0 Å². The lowest BCUT2D eigenvalue weighted by molar-refractivity contribution is 0.0526. The molecule has 0 aliphatic rings. The Labute approximate surface area is 105 Å². The zero-order chi connectivity index (χ0) is 12.8. The molecular formula is C12H15NO3S. The van der Waals surface area contributed by atoms with Gasteiger partial charge in [0, 0.05) is 19.0 Å². The molecule has 17 heavy (non-hydrogen) atoms. The Balaban J connectivity index is 2.68. The van der Waals surface area contributed by atoms with E-state index in [1.165, 1.54) is 4.90 Å². The standard InChI is InChI=1S/C12H15NO3S/c1-4-16-11(14)9-5-7-10(8-6-9)17-12(15)13(2)3/h5-8H,4H2,1-3H3. The van der Waals surface area contributed by atoms with Crippen LogP contribution in [0.3, 0.4) is 0 Å². The number of ether oxygens (including phenoxy) is 1. The highest BCUT2D eigenvalue weighted by molar-refractivity contribution is 8.13. The molecule has 0 spiro atoms. The number of amides is 1. The predicted molar refractivity (Wildman–Crippen MR) is 67.3 cm³/mol. The number of carbonyl (C=O) groups is 2. The molecule has 0 N–H and O–H groups in total. The summed E-state index contributed by atoms with van der Waals surface area (Å²) in [5.41, 5.74) is 0.494. The lowest BCUT2D eigenvalue weighted by atomic mass is 10.2. The van der Waals surface area contributed by atoms with Crippen molar-refractivity contribution >= 4 is 23.0 Å². The second-order valence-corrected chi connectivity index (χ2v) is 4.53. The summed E-state index contributed by atoms with van der Waals surface area (Å²) in [6.45, 7) is 2.12. The van der Waals surface area contributed by atoms with Crippen LogP contribution in [-0.4, -0.2) is 36.8 Å². The summed E-state index contributed by atoms with van der Waals surface area (Å²) in [5, 5.41) is -0.0473. The molecule has 0 aromatic heterocycles. The first-order valence-electron chi connectivity index (χ1n) is 5.21. The molecule has 0 radical (unpaired) electrons. The summed E-state index contributed by atoms with van der Waals surface area (Å²) in [5.74, 6) is -0.344. The van der Waals surface area contributed by atoms with Crippen LogP contribution in [0.4, 0.5) is 4.79 Å². The van der Waals surface area contributed by atoms with Gasteiger partial charge in [0.05, 0.1) is 12.2 Å². The molecule has 0 heterocycles. The third-order valence-electron chi connectivity index (χ3n) is 1.94. The first-order chi connectivity index (χ1) is 8.04. The zero-order valence-electron chi connectivity index (χ0n) is 10.1. The van der Waals surface area contributed by atoms with Gasteiger partial charge in [-0.3, -0.25) is 4.79 Å². The predicted octanol–water partition coefficient (Wildman–Crippen LogP) is 2.64. The molecule has 1 aromatic rings. The maximum absolute atomic E-state index is 11.4. The summed E-state index contributed by atoms with van der Waals surface area (Å²) in [7, 11) is 3.39. The molecule has 5 heteroatoms. The molecule has 0 aliphatic carbocycles. The molecule has 92 valence electrons. The first kappa shape index (κ1) is 13.6. The molecule has 0 unspecified atom stereocenters. The number of hydrogen-bond acceptors (Lipinski definition) is 4. The van der Waals surface area contributed by atoms with Crippen LogP contribution in [0, 0.1) is 0 Å². The van der Waals surface area contributed by atoms with Gasteiger partial charge < -0.3 is 9.64 Å². The number of benzene rings is 1. The van der Waals surface area contributed by atoms with Crippen LogP contribution < -0.4 is 0 Å². The number of hydrogen-bond donors (Lipinski definition) is 0. The Hall–Kier alpha value is -1.49. The van der Waals surface area contributed by atoms with E-state index in [-0.39, 0.29) is 11.2 Å². The van der Waals surface area contributed by atoms with E-state index < -0.39 is 0 Å². The van der Waals surface area contributed by atoms with Crippen molar-refractivity contribution in [3.05, 3.63) is 29.8 Å². The van der Waals surface area contributed by atoms with Gasteiger partial charge in [-0.15, -0.1) is 0 Å². The highest BCUT2D eigenvalue weighted by Crippen LogP contribution is 2.21. The van der Waals surface area contributed by atoms with E-state index in [0.29, 0.717) is 12.2 Å². The van der Waals surface area contributed by atoms with E-state index in [4.69, 9.17) is 4.74 Å². The molecular weight excluding hydrogens is 238 g/mol. The Morgan fingerprint density at radius 1 is 1.24 bits per heavy atom. The normalized spacial score (nSPS) is 9.82. The minimum absolute atomic E-state index is 0.0473. The van der Waals surface area contributed by atoms with Gasteiger partial charge in [-0.25, -0.2) is 4.79 Å². The smallest absolute Gasteiger partial charge is 0.338 e. The molecule has 0 bridgehead atoms. The van der Waals surface area contributed by atoms with Crippen LogP contribution in [0.15, 0.2) is 29.2 Å². The van der Waals surface area contributed by atoms with Crippen LogP contribution in [0.1, 0.15) is 17.3 Å². The summed E-state index contributed by atoms with van der Waals surface area (Å²) < 4.78 is 4.87. The number of thioether (sulfide) groups is 1. The van der Waals surface area contributed by atoms with Crippen molar-refractivity contribution in [2.75, 3.05) is 20.7 Å². The van der Waals surface area contributed by atoms with E-state index in [2.05, 4.69) is 0 Å². The van der Waals surface area contributed by atoms with E-state index in [0.717, 1.165) is 16.7 Å². The molecule has 1 aromatic carbocycles. The van der Waals surface area contributed by atoms with Crippen molar-refractivity contribution < 1.29 is 14.3 Å². The second kappa shape index (κ2) is 6.30. The van der Waals surface area contributed by atoms with Crippen LogP contribution >= 0.6 is 11.8 Å². The number of rotatable bonds is 3. The molecule has 0 saturated heterocycles. The summed E-state index contributed by atoms with van der Waals surface area (Å²) in [6.07, 6.45) is 0. The van der Waals surface area contributed by atoms with Crippen molar-refractivity contribution in [2.45, 2.75) is 11.8 Å². The largest absolute Gasteiger partial charge is 0.462 e. The van der Waals surface area contributed by atoms with Gasteiger partial charge in [-0.05, 0) is 43.0 Å². The maximum Gasteiger partial charge on any atom is 0.338 e. The van der Waals surface area contributed by atoms with Crippen LogP contribution in [0.2, 0.25) is 0 Å². The molecule has 1 amide bonds. The highest BCUT2D eigenvalue weighted by atomic mass is 32.2. The minimum Gasteiger partial charge on any atom is -0.462 e. The van der Waals surface area contributed by atoms with Gasteiger partial charge in [0.2, 0.25) is 0 Å². The average molecular weight is 253 g/mol. The Bertz CT molecular complexity index is 401. The van der Waals surface area contributed by atoms with E-state index in [1.54, 1.807) is 45.3 Å². The third-order valence-corrected chi connectivity index (χ3v) is 2.98. The monoisotopic (exact) mass is 253 g/mol. The summed E-state index contributed by atoms with van der Waals surface area (Å²) in [4.78, 5) is 25.1. The Morgan fingerprint density at radius 2 is 1.82 bits per heavy atom. The van der Waals surface area contributed by atoms with E-state index >= 15 is 0 Å². The number of nitrogens with zero attached hydrogens (tertiary/aromatic N) is 1. The number of carbonyl (C=O) groups excluding carboxylic acids is 2. The van der Waals surface area contributed by atoms with E-state index in [9.17, 15) is 9.59 Å². The Morgan fingerprint density at radius 3 is 2.29 bits per heavy atom. The zero-order valence-corrected chi connectivity index (χ0v) is 10.9. The Kier molecular flexibility index (Phi) is 5.03. The van der Waals surface area contributed by atoms with Crippen molar-refractivity contribution in [2.24, 2.45) is 0 Å². The minimum atomic E-state index is -0.344. The van der Waals surface area contributed by atoms with Crippen molar-refractivity contribution in [3.63, 3.8) is 0 Å². The number of esters is 1. The van der Waals surface area contributed by atoms with Crippen LogP contribution in [0.25, 0.3) is 0 Å². The van der Waals surface area contributed by atoms with Gasteiger partial charge >= 0.3 is 5.97 Å². The van der Waals surface area contributed by atoms with Gasteiger partial charge in [0.25, 0.3) is 5.24 Å². The fourth-order valence-corrected chi connectivity index (χ4v) is 1.72. The van der Waals surface area contributed by atoms with Gasteiger partial charge in [-0.2, -0.15) is 0 Å². The molecule has 0 aliphatic heterocycles. The highest BCUT2D eigenvalue weighted by Gasteiger charge is 2.09. The summed E-state index contributed by atoms with van der Waals surface area (Å²) in [6, 6.07) is 6.78. The third kappa shape index (κ3) is 4.11. The van der Waals surface area contributed by atoms with Gasteiger partial charge in [0.1, 0.15) is 0 Å². The lowest BCUT2D eigenvalue weighted by Crippen LogP contribution is -2.16. The van der Waals surface area contributed by atoms with Crippen molar-refractivity contribution in [3.8, 4) is 0 Å². The molecule has 4 nitrogen and oxygen atoms in total. The van der Waals surface area contributed by atoms with Crippen LogP contribution in [-0.2, 0) is 4.74 Å². The topological polar surface area (TPSA) is 46.6 Å². The maximum atomic E-state index is 11.4. The first-order valence-corrected chi connectivity index (χ1v) is 6.02. The molecule has 1 rings (SSSR count). The van der Waals surface area contributed by atoms with Gasteiger partial charge in [-0.1, -0.05) is 0 Å². The molecule has 0 fully saturated rings. The lowest BCUT2D eigenvalue weighted by Gasteiger charge is -2.09. The van der Waals surface area contributed by atoms with E-state index in [1.807, 2.05) is 0 Å².